The van der Waals surface area contributed by atoms with Crippen molar-refractivity contribution in [3.05, 3.63) is 170 Å². The van der Waals surface area contributed by atoms with Crippen LogP contribution in [-0.2, 0) is 42.2 Å². The van der Waals surface area contributed by atoms with Crippen LogP contribution in [0.4, 0.5) is 0 Å². The fourth-order valence-electron chi connectivity index (χ4n) is 7.48. The number of aliphatic hydroxyl groups is 1. The Morgan fingerprint density at radius 2 is 0.671 bits per heavy atom. The summed E-state index contributed by atoms with van der Waals surface area (Å²) in [6.07, 6.45) is 83.3. The van der Waals surface area contributed by atoms with E-state index in [0.29, 0.717) is 32.1 Å². The van der Waals surface area contributed by atoms with E-state index in [-0.39, 0.29) is 25.9 Å². The Morgan fingerprint density at radius 1 is 0.354 bits per heavy atom. The monoisotopic (exact) mass is 1160 g/mol. The van der Waals surface area contributed by atoms with Crippen LogP contribution >= 0.6 is 7.82 Å². The fourth-order valence-corrected chi connectivity index (χ4v) is 8.27. The van der Waals surface area contributed by atoms with E-state index in [9.17, 15) is 28.9 Å². The minimum absolute atomic E-state index is 0.0246. The van der Waals surface area contributed by atoms with Gasteiger partial charge in [0.1, 0.15) is 12.7 Å². The van der Waals surface area contributed by atoms with Crippen LogP contribution in [0.1, 0.15) is 213 Å². The highest BCUT2D eigenvalue weighted by molar-refractivity contribution is 7.47. The lowest BCUT2D eigenvalue weighted by atomic mass is 10.1. The van der Waals surface area contributed by atoms with Gasteiger partial charge in [0, 0.05) is 19.3 Å². The standard InChI is InChI=1S/C70H109O11P/c1-4-7-10-13-16-19-22-25-28-31-33-36-38-41-44-47-50-53-56-59-68(72)77-63-67(81-70(74)61-58-55-52-49-46-43-40-37-34-32-29-26-23-20-17-14-11-8-5-2)65-79-82(75,76)78-64-66(62-71)80-69(73)60-57-54-51-48-45-42-39-35-30-27-24-21-18-15-12-9-6-3/h8-9,11-12,16-21,25-30,33-34,36-37,39,42-43,46,48,51-52,55,66-67,71H,4-7,10,13-15,22-24,31-32,35,38,40-41,44-45,47,49-50,53-54,56-65H2,1-3H3,(H,75,76)/b11-8-,12-9-,19-16-,20-17-,21-18-,28-25-,29-26-,30-27-,36-33-,37-34-,42-39-,46-43-,51-48-,55-52-. The zero-order valence-electron chi connectivity index (χ0n) is 50.9. The average molecular weight is 1160 g/mol. The number of allylic oxidation sites excluding steroid dienone is 28. The Labute approximate surface area is 497 Å². The summed E-state index contributed by atoms with van der Waals surface area (Å²) in [5.74, 6) is -1.67. The quantitative estimate of drug-likeness (QED) is 0.0197. The van der Waals surface area contributed by atoms with Gasteiger partial charge in [-0.2, -0.15) is 0 Å². The summed E-state index contributed by atoms with van der Waals surface area (Å²) in [7, 11) is -4.81. The molecule has 11 nitrogen and oxygen atoms in total. The van der Waals surface area contributed by atoms with Crippen LogP contribution in [0, 0.1) is 0 Å². The number of aliphatic hydroxyl groups excluding tert-OH is 1. The van der Waals surface area contributed by atoms with Gasteiger partial charge in [-0.1, -0.05) is 229 Å². The van der Waals surface area contributed by atoms with Crippen molar-refractivity contribution in [3.8, 4) is 0 Å². The molecule has 0 bridgehead atoms. The Balaban J connectivity index is 4.93. The molecule has 460 valence electrons. The number of phosphoric ester groups is 1. The maximum absolute atomic E-state index is 12.9. The molecule has 0 amide bonds. The molecule has 0 aliphatic carbocycles. The van der Waals surface area contributed by atoms with Crippen molar-refractivity contribution in [2.24, 2.45) is 0 Å². The Bertz CT molecular complexity index is 2030. The molecule has 2 N–H and O–H groups in total. The normalized spacial score (nSPS) is 14.5. The van der Waals surface area contributed by atoms with Crippen LogP contribution in [0.3, 0.4) is 0 Å². The van der Waals surface area contributed by atoms with E-state index in [0.717, 1.165) is 116 Å². The molecule has 3 unspecified atom stereocenters. The first-order valence-corrected chi connectivity index (χ1v) is 32.5. The van der Waals surface area contributed by atoms with Crippen molar-refractivity contribution < 1.29 is 52.2 Å². The average Bonchev–Trinajstić information content (AvgIpc) is 3.50. The van der Waals surface area contributed by atoms with E-state index in [2.05, 4.69) is 167 Å². The molecule has 0 rings (SSSR count). The van der Waals surface area contributed by atoms with Crippen LogP contribution in [0.15, 0.2) is 170 Å². The lowest BCUT2D eigenvalue weighted by molar-refractivity contribution is -0.161. The number of ether oxygens (including phenoxy) is 3. The second kappa shape index (κ2) is 61.9. The highest BCUT2D eigenvalue weighted by Gasteiger charge is 2.28. The van der Waals surface area contributed by atoms with Gasteiger partial charge in [-0.05, 0) is 135 Å². The second-order valence-corrected chi connectivity index (χ2v) is 21.2. The van der Waals surface area contributed by atoms with Gasteiger partial charge in [0.2, 0.25) is 0 Å². The molecule has 0 aromatic carbocycles. The number of esters is 3. The number of unbranched alkanes of at least 4 members (excludes halogenated alkanes) is 10. The summed E-state index contributed by atoms with van der Waals surface area (Å²) < 4.78 is 39.5. The molecule has 0 heterocycles. The molecule has 82 heavy (non-hydrogen) atoms. The fraction of sp³-hybridized carbons (Fsp3) is 0.557. The molecule has 12 heteroatoms. The maximum atomic E-state index is 12.9. The molecule has 0 aliphatic heterocycles. The molecule has 0 aliphatic rings. The Hall–Kier alpha value is -5.16. The molecule has 3 atom stereocenters. The number of phosphoric acid groups is 1. The molecule has 0 fully saturated rings. The lowest BCUT2D eigenvalue weighted by Gasteiger charge is -2.21. The predicted molar refractivity (Wildman–Crippen MR) is 343 cm³/mol. The minimum Gasteiger partial charge on any atom is -0.462 e. The van der Waals surface area contributed by atoms with Gasteiger partial charge in [-0.25, -0.2) is 4.57 Å². The Kier molecular flexibility index (Phi) is 58.0. The van der Waals surface area contributed by atoms with E-state index in [4.69, 9.17) is 23.3 Å². The Morgan fingerprint density at radius 3 is 1.09 bits per heavy atom. The molecule has 0 saturated heterocycles. The molecule has 0 aromatic rings. The van der Waals surface area contributed by atoms with Gasteiger partial charge in [0.05, 0.1) is 19.8 Å². The first-order valence-electron chi connectivity index (χ1n) is 31.0. The molecule has 0 aromatic heterocycles. The first kappa shape index (κ1) is 76.8. The predicted octanol–water partition coefficient (Wildman–Crippen LogP) is 19.0. The zero-order chi connectivity index (χ0) is 59.8. The van der Waals surface area contributed by atoms with E-state index >= 15 is 0 Å². The smallest absolute Gasteiger partial charge is 0.462 e. The van der Waals surface area contributed by atoms with E-state index < -0.39 is 57.8 Å². The van der Waals surface area contributed by atoms with Crippen molar-refractivity contribution in [2.45, 2.75) is 226 Å². The maximum Gasteiger partial charge on any atom is 0.472 e. The lowest BCUT2D eigenvalue weighted by Crippen LogP contribution is -2.30. The summed E-state index contributed by atoms with van der Waals surface area (Å²) in [6.45, 7) is 4.21. The van der Waals surface area contributed by atoms with Gasteiger partial charge in [0.15, 0.2) is 6.10 Å². The minimum atomic E-state index is -4.81. The van der Waals surface area contributed by atoms with Crippen molar-refractivity contribution >= 4 is 25.7 Å². The van der Waals surface area contributed by atoms with Gasteiger partial charge in [-0.3, -0.25) is 23.4 Å². The van der Waals surface area contributed by atoms with Gasteiger partial charge < -0.3 is 24.2 Å². The topological polar surface area (TPSA) is 155 Å². The molecular formula is C70H109O11P. The van der Waals surface area contributed by atoms with Crippen molar-refractivity contribution in [3.63, 3.8) is 0 Å². The first-order chi connectivity index (χ1) is 40.2. The number of carbonyl (C=O) groups is 3. The summed E-state index contributed by atoms with van der Waals surface area (Å²) in [4.78, 5) is 48.7. The number of carbonyl (C=O) groups excluding carboxylic acids is 3. The largest absolute Gasteiger partial charge is 0.472 e. The third-order valence-electron chi connectivity index (χ3n) is 12.1. The third-order valence-corrected chi connectivity index (χ3v) is 13.1. The van der Waals surface area contributed by atoms with E-state index in [1.807, 2.05) is 24.3 Å². The zero-order valence-corrected chi connectivity index (χ0v) is 51.8. The van der Waals surface area contributed by atoms with Crippen LogP contribution < -0.4 is 0 Å². The SMILES string of the molecule is CC/C=C\C/C=C\C/C=C\C/C=C\C/C=C\C/C=C\CCC(=O)OC(COC(=O)CCCCCCCC/C=C\C/C=C\C/C=C\CCCCC)COP(=O)(O)OCC(CO)OC(=O)CCC/C=C\C/C=C\C/C=C\C/C=C\C/C=C\CC. The van der Waals surface area contributed by atoms with Crippen molar-refractivity contribution in [1.82, 2.24) is 0 Å². The third kappa shape index (κ3) is 59.5. The molecule has 0 saturated carbocycles. The summed E-state index contributed by atoms with van der Waals surface area (Å²) in [5, 5.41) is 9.83. The summed E-state index contributed by atoms with van der Waals surface area (Å²) in [5.41, 5.74) is 0. The number of rotatable bonds is 55. The van der Waals surface area contributed by atoms with E-state index in [1.165, 1.54) is 25.7 Å². The van der Waals surface area contributed by atoms with Crippen LogP contribution in [0.5, 0.6) is 0 Å². The second-order valence-electron chi connectivity index (χ2n) is 19.7. The van der Waals surface area contributed by atoms with E-state index in [1.54, 1.807) is 0 Å². The summed E-state index contributed by atoms with van der Waals surface area (Å²) in [6, 6.07) is 0. The molecular weight excluding hydrogens is 1050 g/mol. The molecule has 0 radical (unpaired) electrons. The van der Waals surface area contributed by atoms with Crippen LogP contribution in [0.2, 0.25) is 0 Å². The summed E-state index contributed by atoms with van der Waals surface area (Å²) >= 11 is 0. The molecule has 0 spiro atoms. The van der Waals surface area contributed by atoms with Gasteiger partial charge in [-0.15, -0.1) is 0 Å². The highest BCUT2D eigenvalue weighted by atomic mass is 31.2. The van der Waals surface area contributed by atoms with Crippen LogP contribution in [0.25, 0.3) is 0 Å². The van der Waals surface area contributed by atoms with Gasteiger partial charge >= 0.3 is 25.7 Å². The van der Waals surface area contributed by atoms with Crippen LogP contribution in [-0.4, -0.2) is 66.5 Å². The van der Waals surface area contributed by atoms with Crippen molar-refractivity contribution in [1.29, 1.82) is 0 Å². The van der Waals surface area contributed by atoms with Crippen molar-refractivity contribution in [2.75, 3.05) is 26.4 Å². The highest BCUT2D eigenvalue weighted by Crippen LogP contribution is 2.43. The number of hydrogen-bond acceptors (Lipinski definition) is 10. The van der Waals surface area contributed by atoms with Gasteiger partial charge in [0.25, 0.3) is 0 Å². The number of hydrogen-bond donors (Lipinski definition) is 2.